The van der Waals surface area contributed by atoms with Crippen LogP contribution in [-0.4, -0.2) is 29.4 Å². The summed E-state index contributed by atoms with van der Waals surface area (Å²) >= 11 is 5.86. The molecular weight excluding hydrogens is 378 g/mol. The van der Waals surface area contributed by atoms with Gasteiger partial charge in [0.1, 0.15) is 6.04 Å². The molecule has 0 aliphatic carbocycles. The van der Waals surface area contributed by atoms with Gasteiger partial charge in [0.15, 0.2) is 0 Å². The van der Waals surface area contributed by atoms with Gasteiger partial charge in [-0.1, -0.05) is 31.5 Å². The molecule has 0 aliphatic heterocycles. The van der Waals surface area contributed by atoms with Crippen LogP contribution >= 0.6 is 11.6 Å². The number of amides is 2. The predicted octanol–water partition coefficient (Wildman–Crippen LogP) is 3.59. The second-order valence-electron chi connectivity index (χ2n) is 6.78. The van der Waals surface area contributed by atoms with Gasteiger partial charge in [0, 0.05) is 28.9 Å². The minimum absolute atomic E-state index is 0.235. The Bertz CT molecular complexity index is 794. The van der Waals surface area contributed by atoms with Crippen molar-refractivity contribution in [3.63, 3.8) is 0 Å². The van der Waals surface area contributed by atoms with Crippen LogP contribution in [0.3, 0.4) is 0 Å². The largest absolute Gasteiger partial charge is 0.478 e. The molecule has 0 radical (unpaired) electrons. The molecule has 7 heteroatoms. The normalized spacial score (nSPS) is 11.8. The average molecular weight is 404 g/mol. The average Bonchev–Trinajstić information content (AvgIpc) is 2.67. The Labute approximate surface area is 170 Å². The lowest BCUT2D eigenvalue weighted by molar-refractivity contribution is -0.123. The molecule has 1 heterocycles. The highest BCUT2D eigenvalue weighted by Crippen LogP contribution is 2.15. The number of carbonyl (C=O) groups excluding carboxylic acids is 2. The number of nitrogens with one attached hydrogen (secondary N) is 2. The summed E-state index contributed by atoms with van der Waals surface area (Å²) in [7, 11) is 0. The Kier molecular flexibility index (Phi) is 8.26. The van der Waals surface area contributed by atoms with Crippen LogP contribution in [0.5, 0.6) is 5.88 Å². The van der Waals surface area contributed by atoms with E-state index in [2.05, 4.69) is 15.6 Å². The number of hydrogen-bond donors (Lipinski definition) is 2. The van der Waals surface area contributed by atoms with Crippen molar-refractivity contribution in [2.24, 2.45) is 5.92 Å². The van der Waals surface area contributed by atoms with E-state index >= 15 is 0 Å². The minimum atomic E-state index is -0.643. The van der Waals surface area contributed by atoms with Crippen molar-refractivity contribution < 1.29 is 14.3 Å². The van der Waals surface area contributed by atoms with Crippen LogP contribution in [0.4, 0.5) is 0 Å². The maximum absolute atomic E-state index is 12.7. The SMILES string of the molecule is CCOc1ncccc1CNC(=O)C(CC(C)C)NC(=O)c1ccc(Cl)cc1. The standard InChI is InChI=1S/C21H26ClN3O3/c1-4-28-21-16(6-5-11-23-21)13-24-20(27)18(12-14(2)3)25-19(26)15-7-9-17(22)10-8-15/h5-11,14,18H,4,12-13H2,1-3H3,(H,24,27)(H,25,26). The zero-order valence-corrected chi connectivity index (χ0v) is 17.1. The molecule has 1 unspecified atom stereocenters. The predicted molar refractivity (Wildman–Crippen MR) is 109 cm³/mol. The molecule has 2 amide bonds. The van der Waals surface area contributed by atoms with Crippen molar-refractivity contribution in [2.75, 3.05) is 6.61 Å². The van der Waals surface area contributed by atoms with E-state index in [-0.39, 0.29) is 24.3 Å². The summed E-state index contributed by atoms with van der Waals surface area (Å²) in [5, 5.41) is 6.24. The molecule has 0 saturated carbocycles. The van der Waals surface area contributed by atoms with Crippen LogP contribution in [0.1, 0.15) is 43.1 Å². The highest BCUT2D eigenvalue weighted by Gasteiger charge is 2.22. The van der Waals surface area contributed by atoms with E-state index in [0.717, 1.165) is 5.56 Å². The molecule has 0 saturated heterocycles. The van der Waals surface area contributed by atoms with Crippen molar-refractivity contribution in [3.8, 4) is 5.88 Å². The Morgan fingerprint density at radius 1 is 1.18 bits per heavy atom. The first-order chi connectivity index (χ1) is 13.4. The molecule has 0 spiro atoms. The molecule has 6 nitrogen and oxygen atoms in total. The fourth-order valence-electron chi connectivity index (χ4n) is 2.68. The summed E-state index contributed by atoms with van der Waals surface area (Å²) in [5.74, 6) is 0.172. The van der Waals surface area contributed by atoms with Crippen LogP contribution < -0.4 is 15.4 Å². The summed E-state index contributed by atoms with van der Waals surface area (Å²) in [4.78, 5) is 29.4. The van der Waals surface area contributed by atoms with Crippen LogP contribution in [0.2, 0.25) is 5.02 Å². The lowest BCUT2D eigenvalue weighted by Crippen LogP contribution is -2.47. The van der Waals surface area contributed by atoms with Gasteiger partial charge in [0.2, 0.25) is 11.8 Å². The maximum atomic E-state index is 12.7. The highest BCUT2D eigenvalue weighted by atomic mass is 35.5. The highest BCUT2D eigenvalue weighted by molar-refractivity contribution is 6.30. The lowest BCUT2D eigenvalue weighted by atomic mass is 10.0. The van der Waals surface area contributed by atoms with Crippen LogP contribution in [0, 0.1) is 5.92 Å². The van der Waals surface area contributed by atoms with Crippen LogP contribution in [0.15, 0.2) is 42.6 Å². The number of aromatic nitrogens is 1. The fraction of sp³-hybridized carbons (Fsp3) is 0.381. The quantitative estimate of drug-likeness (QED) is 0.670. The molecule has 1 aromatic carbocycles. The monoisotopic (exact) mass is 403 g/mol. The number of carbonyl (C=O) groups is 2. The Balaban J connectivity index is 2.04. The smallest absolute Gasteiger partial charge is 0.251 e. The van der Waals surface area contributed by atoms with Crippen LogP contribution in [0.25, 0.3) is 0 Å². The third kappa shape index (κ3) is 6.53. The van der Waals surface area contributed by atoms with Gasteiger partial charge >= 0.3 is 0 Å². The first-order valence-corrected chi connectivity index (χ1v) is 9.69. The van der Waals surface area contributed by atoms with E-state index in [1.807, 2.05) is 26.8 Å². The molecule has 2 N–H and O–H groups in total. The molecule has 0 bridgehead atoms. The molecular formula is C21H26ClN3O3. The van der Waals surface area contributed by atoms with Gasteiger partial charge < -0.3 is 15.4 Å². The fourth-order valence-corrected chi connectivity index (χ4v) is 2.80. The summed E-state index contributed by atoms with van der Waals surface area (Å²) < 4.78 is 5.48. The van der Waals surface area contributed by atoms with Gasteiger partial charge in [0.25, 0.3) is 5.91 Å². The topological polar surface area (TPSA) is 80.3 Å². The number of halogens is 1. The maximum Gasteiger partial charge on any atom is 0.251 e. The van der Waals surface area contributed by atoms with E-state index in [0.29, 0.717) is 29.5 Å². The number of rotatable bonds is 9. The van der Waals surface area contributed by atoms with E-state index in [1.54, 1.807) is 36.5 Å². The Hall–Kier alpha value is -2.60. The first kappa shape index (κ1) is 21.7. The van der Waals surface area contributed by atoms with E-state index < -0.39 is 6.04 Å². The number of nitrogens with zero attached hydrogens (tertiary/aromatic N) is 1. The van der Waals surface area contributed by atoms with E-state index in [4.69, 9.17) is 16.3 Å². The zero-order valence-electron chi connectivity index (χ0n) is 16.4. The molecule has 1 aromatic heterocycles. The summed E-state index contributed by atoms with van der Waals surface area (Å²) in [6.45, 7) is 6.65. The van der Waals surface area contributed by atoms with Gasteiger partial charge in [-0.25, -0.2) is 4.98 Å². The first-order valence-electron chi connectivity index (χ1n) is 9.31. The summed E-state index contributed by atoms with van der Waals surface area (Å²) in [6, 6.07) is 9.55. The number of benzene rings is 1. The molecule has 1 atom stereocenters. The third-order valence-corrected chi connectivity index (χ3v) is 4.27. The molecule has 0 aliphatic rings. The van der Waals surface area contributed by atoms with Gasteiger partial charge in [-0.15, -0.1) is 0 Å². The van der Waals surface area contributed by atoms with Crippen molar-refractivity contribution in [1.29, 1.82) is 0 Å². The van der Waals surface area contributed by atoms with Gasteiger partial charge in [-0.3, -0.25) is 9.59 Å². The Morgan fingerprint density at radius 3 is 2.54 bits per heavy atom. The molecule has 0 fully saturated rings. The van der Waals surface area contributed by atoms with Gasteiger partial charge in [0.05, 0.1) is 6.61 Å². The van der Waals surface area contributed by atoms with Gasteiger partial charge in [-0.2, -0.15) is 0 Å². The third-order valence-electron chi connectivity index (χ3n) is 4.02. The number of ether oxygens (including phenoxy) is 1. The number of hydrogen-bond acceptors (Lipinski definition) is 4. The summed E-state index contributed by atoms with van der Waals surface area (Å²) in [6.07, 6.45) is 2.17. The van der Waals surface area contributed by atoms with Crippen molar-refractivity contribution >= 4 is 23.4 Å². The zero-order chi connectivity index (χ0) is 20.5. The lowest BCUT2D eigenvalue weighted by Gasteiger charge is -2.20. The van der Waals surface area contributed by atoms with E-state index in [1.165, 1.54) is 0 Å². The second-order valence-corrected chi connectivity index (χ2v) is 7.22. The molecule has 28 heavy (non-hydrogen) atoms. The van der Waals surface area contributed by atoms with Gasteiger partial charge in [-0.05, 0) is 49.6 Å². The van der Waals surface area contributed by atoms with Crippen molar-refractivity contribution in [3.05, 3.63) is 58.7 Å². The summed E-state index contributed by atoms with van der Waals surface area (Å²) in [5.41, 5.74) is 1.24. The van der Waals surface area contributed by atoms with E-state index in [9.17, 15) is 9.59 Å². The molecule has 2 aromatic rings. The van der Waals surface area contributed by atoms with Crippen molar-refractivity contribution in [1.82, 2.24) is 15.6 Å². The van der Waals surface area contributed by atoms with Crippen molar-refractivity contribution in [2.45, 2.75) is 39.8 Å². The molecule has 150 valence electrons. The Morgan fingerprint density at radius 2 is 1.89 bits per heavy atom. The number of pyridine rings is 1. The van der Waals surface area contributed by atoms with Crippen LogP contribution in [-0.2, 0) is 11.3 Å². The minimum Gasteiger partial charge on any atom is -0.478 e. The molecule has 2 rings (SSSR count). The second kappa shape index (κ2) is 10.7.